The highest BCUT2D eigenvalue weighted by Crippen LogP contribution is 2.21. The molecule has 0 unspecified atom stereocenters. The van der Waals surface area contributed by atoms with Crippen molar-refractivity contribution < 1.29 is 4.79 Å². The Morgan fingerprint density at radius 1 is 1.35 bits per heavy atom. The van der Waals surface area contributed by atoms with Crippen LogP contribution in [0, 0.1) is 0 Å². The van der Waals surface area contributed by atoms with Crippen LogP contribution >= 0.6 is 11.3 Å². The number of amides is 1. The molecular formula is C17H24N4OS. The molecule has 6 heteroatoms. The van der Waals surface area contributed by atoms with Crippen LogP contribution in [-0.4, -0.2) is 38.7 Å². The van der Waals surface area contributed by atoms with Crippen LogP contribution in [0.2, 0.25) is 0 Å². The molecule has 124 valence electrons. The number of carbonyl (C=O) groups excluding carboxylic acids is 1. The maximum Gasteiger partial charge on any atom is 0.222 e. The van der Waals surface area contributed by atoms with E-state index in [1.54, 1.807) is 12.7 Å². The zero-order valence-electron chi connectivity index (χ0n) is 13.4. The van der Waals surface area contributed by atoms with Crippen molar-refractivity contribution in [2.24, 2.45) is 0 Å². The van der Waals surface area contributed by atoms with Gasteiger partial charge in [-0.3, -0.25) is 4.79 Å². The van der Waals surface area contributed by atoms with Crippen LogP contribution in [0.25, 0.3) is 0 Å². The Bertz CT molecular complexity index is 582. The quantitative estimate of drug-likeness (QED) is 0.731. The standard InChI is InChI=1S/C17H24N4OS/c22-17(9-3-1-2-7-16-8-5-11-23-16)20-10-4-6-15(12-20)21-14-18-13-19-21/h5,8,11,13-15H,1-4,6-7,9-10,12H2/t15-/m0/s1. The van der Waals surface area contributed by atoms with E-state index in [4.69, 9.17) is 0 Å². The lowest BCUT2D eigenvalue weighted by molar-refractivity contribution is -0.133. The van der Waals surface area contributed by atoms with Gasteiger partial charge in [0.05, 0.1) is 6.04 Å². The van der Waals surface area contributed by atoms with Crippen molar-refractivity contribution in [2.45, 2.75) is 51.0 Å². The largest absolute Gasteiger partial charge is 0.341 e. The number of unbranched alkanes of at least 4 members (excludes halogenated alkanes) is 2. The van der Waals surface area contributed by atoms with Gasteiger partial charge < -0.3 is 4.90 Å². The molecule has 5 nitrogen and oxygen atoms in total. The summed E-state index contributed by atoms with van der Waals surface area (Å²) in [5.74, 6) is 0.297. The first-order valence-electron chi connectivity index (χ1n) is 8.47. The molecule has 3 rings (SSSR count). The first-order chi connectivity index (χ1) is 11.3. The highest BCUT2D eigenvalue weighted by Gasteiger charge is 2.24. The lowest BCUT2D eigenvalue weighted by Gasteiger charge is -2.32. The van der Waals surface area contributed by atoms with Crippen LogP contribution < -0.4 is 0 Å². The summed E-state index contributed by atoms with van der Waals surface area (Å²) in [4.78, 5) is 19.9. The summed E-state index contributed by atoms with van der Waals surface area (Å²) in [6.45, 7) is 1.66. The molecule has 0 N–H and O–H groups in total. The molecule has 1 amide bonds. The number of carbonyl (C=O) groups is 1. The SMILES string of the molecule is O=C(CCCCCc1cccs1)N1CCC[C@H](n2cncn2)C1. The van der Waals surface area contributed by atoms with Gasteiger partial charge in [-0.05, 0) is 43.6 Å². The Balaban J connectivity index is 1.36. The van der Waals surface area contributed by atoms with E-state index in [2.05, 4.69) is 27.6 Å². The summed E-state index contributed by atoms with van der Waals surface area (Å²) in [5, 5.41) is 6.34. The fourth-order valence-electron chi connectivity index (χ4n) is 3.17. The Kier molecular flexibility index (Phi) is 5.80. The Hall–Kier alpha value is -1.69. The van der Waals surface area contributed by atoms with E-state index >= 15 is 0 Å². The second-order valence-electron chi connectivity index (χ2n) is 6.15. The molecule has 1 aliphatic rings. The van der Waals surface area contributed by atoms with Crippen LogP contribution in [0.3, 0.4) is 0 Å². The third-order valence-electron chi connectivity index (χ3n) is 4.45. The Morgan fingerprint density at radius 2 is 2.30 bits per heavy atom. The van der Waals surface area contributed by atoms with Gasteiger partial charge in [0.25, 0.3) is 0 Å². The van der Waals surface area contributed by atoms with Crippen LogP contribution in [0.1, 0.15) is 49.4 Å². The molecule has 0 aromatic carbocycles. The fourth-order valence-corrected chi connectivity index (χ4v) is 3.92. The lowest BCUT2D eigenvalue weighted by atomic mass is 10.0. The monoisotopic (exact) mass is 332 g/mol. The molecule has 0 bridgehead atoms. The highest BCUT2D eigenvalue weighted by atomic mass is 32.1. The first kappa shape index (κ1) is 16.2. The summed E-state index contributed by atoms with van der Waals surface area (Å²) in [6.07, 6.45) is 10.6. The molecule has 2 aromatic heterocycles. The zero-order valence-corrected chi connectivity index (χ0v) is 14.2. The van der Waals surface area contributed by atoms with Crippen molar-refractivity contribution >= 4 is 17.2 Å². The number of rotatable bonds is 7. The van der Waals surface area contributed by atoms with Gasteiger partial charge in [-0.25, -0.2) is 9.67 Å². The molecule has 1 atom stereocenters. The predicted octanol–water partition coefficient (Wildman–Crippen LogP) is 3.31. The molecule has 1 saturated heterocycles. The average Bonchev–Trinajstić information content (AvgIpc) is 3.28. The molecule has 23 heavy (non-hydrogen) atoms. The smallest absolute Gasteiger partial charge is 0.222 e. The molecule has 2 aromatic rings. The Morgan fingerprint density at radius 3 is 3.09 bits per heavy atom. The minimum Gasteiger partial charge on any atom is -0.341 e. The molecule has 0 aliphatic carbocycles. The topological polar surface area (TPSA) is 51.0 Å². The van der Waals surface area contributed by atoms with Gasteiger partial charge in [-0.1, -0.05) is 12.5 Å². The number of hydrogen-bond donors (Lipinski definition) is 0. The van der Waals surface area contributed by atoms with E-state index in [1.807, 2.05) is 20.9 Å². The fraction of sp³-hybridized carbons (Fsp3) is 0.588. The third kappa shape index (κ3) is 4.64. The number of aryl methyl sites for hydroxylation is 1. The highest BCUT2D eigenvalue weighted by molar-refractivity contribution is 7.09. The van der Waals surface area contributed by atoms with Crippen molar-refractivity contribution in [1.29, 1.82) is 0 Å². The van der Waals surface area contributed by atoms with Gasteiger partial charge in [-0.2, -0.15) is 5.10 Å². The lowest BCUT2D eigenvalue weighted by Crippen LogP contribution is -2.40. The third-order valence-corrected chi connectivity index (χ3v) is 5.39. The van der Waals surface area contributed by atoms with Gasteiger partial charge in [-0.15, -0.1) is 11.3 Å². The average molecular weight is 332 g/mol. The molecule has 1 aliphatic heterocycles. The maximum atomic E-state index is 12.4. The van der Waals surface area contributed by atoms with Gasteiger partial charge >= 0.3 is 0 Å². The zero-order chi connectivity index (χ0) is 15.9. The van der Waals surface area contributed by atoms with Gasteiger partial charge in [0.1, 0.15) is 12.7 Å². The number of hydrogen-bond acceptors (Lipinski definition) is 4. The second kappa shape index (κ2) is 8.24. The van der Waals surface area contributed by atoms with Crippen LogP contribution in [0.15, 0.2) is 30.2 Å². The number of piperidine rings is 1. The minimum absolute atomic E-state index is 0.286. The predicted molar refractivity (Wildman–Crippen MR) is 91.4 cm³/mol. The minimum atomic E-state index is 0.286. The van der Waals surface area contributed by atoms with E-state index in [0.29, 0.717) is 12.3 Å². The van der Waals surface area contributed by atoms with Crippen LogP contribution in [-0.2, 0) is 11.2 Å². The summed E-state index contributed by atoms with van der Waals surface area (Å²) in [5.41, 5.74) is 0. The first-order valence-corrected chi connectivity index (χ1v) is 9.35. The van der Waals surface area contributed by atoms with E-state index in [9.17, 15) is 4.79 Å². The number of thiophene rings is 1. The molecule has 0 radical (unpaired) electrons. The number of nitrogens with zero attached hydrogens (tertiary/aromatic N) is 4. The second-order valence-corrected chi connectivity index (χ2v) is 7.18. The van der Waals surface area contributed by atoms with Crippen LogP contribution in [0.5, 0.6) is 0 Å². The summed E-state index contributed by atoms with van der Waals surface area (Å²) in [6, 6.07) is 4.58. The number of likely N-dealkylation sites (tertiary alicyclic amines) is 1. The van der Waals surface area contributed by atoms with Gasteiger partial charge in [0, 0.05) is 24.4 Å². The van der Waals surface area contributed by atoms with E-state index in [-0.39, 0.29) is 6.04 Å². The van der Waals surface area contributed by atoms with Crippen molar-refractivity contribution in [1.82, 2.24) is 19.7 Å². The van der Waals surface area contributed by atoms with Crippen molar-refractivity contribution in [3.05, 3.63) is 35.0 Å². The summed E-state index contributed by atoms with van der Waals surface area (Å²) in [7, 11) is 0. The molecule has 3 heterocycles. The van der Waals surface area contributed by atoms with Crippen molar-refractivity contribution in [3.63, 3.8) is 0 Å². The molecule has 0 spiro atoms. The van der Waals surface area contributed by atoms with Crippen molar-refractivity contribution in [2.75, 3.05) is 13.1 Å². The van der Waals surface area contributed by atoms with E-state index in [0.717, 1.165) is 45.2 Å². The molecule has 0 saturated carbocycles. The Labute approximate surface area is 141 Å². The molecule has 1 fully saturated rings. The maximum absolute atomic E-state index is 12.4. The normalized spacial score (nSPS) is 18.3. The summed E-state index contributed by atoms with van der Waals surface area (Å²) < 4.78 is 1.89. The van der Waals surface area contributed by atoms with E-state index in [1.165, 1.54) is 11.3 Å². The number of aromatic nitrogens is 3. The van der Waals surface area contributed by atoms with Crippen LogP contribution in [0.4, 0.5) is 0 Å². The van der Waals surface area contributed by atoms with Gasteiger partial charge in [0.15, 0.2) is 0 Å². The van der Waals surface area contributed by atoms with Crippen molar-refractivity contribution in [3.8, 4) is 0 Å². The molecular weight excluding hydrogens is 308 g/mol. The van der Waals surface area contributed by atoms with E-state index < -0.39 is 0 Å². The summed E-state index contributed by atoms with van der Waals surface area (Å²) >= 11 is 1.82. The van der Waals surface area contributed by atoms with Gasteiger partial charge in [0.2, 0.25) is 5.91 Å².